The Hall–Kier alpha value is -1.82. The fourth-order valence-corrected chi connectivity index (χ4v) is 2.00. The molecule has 0 saturated carbocycles. The van der Waals surface area contributed by atoms with Crippen LogP contribution < -0.4 is 0 Å². The third-order valence-corrected chi connectivity index (χ3v) is 3.10. The molecule has 0 atom stereocenters. The van der Waals surface area contributed by atoms with Gasteiger partial charge in [0.05, 0.1) is 6.61 Å². The zero-order valence-corrected chi connectivity index (χ0v) is 12.6. The highest BCUT2D eigenvalue weighted by atomic mass is 19.3. The van der Waals surface area contributed by atoms with Crippen LogP contribution in [0.25, 0.3) is 11.5 Å². The Labute approximate surface area is 122 Å². The van der Waals surface area contributed by atoms with E-state index < -0.39 is 5.92 Å². The van der Waals surface area contributed by atoms with Crippen LogP contribution in [0.1, 0.15) is 38.1 Å². The first-order valence-electron chi connectivity index (χ1n) is 6.74. The van der Waals surface area contributed by atoms with E-state index in [-0.39, 0.29) is 11.7 Å². The maximum atomic E-state index is 13.5. The van der Waals surface area contributed by atoms with Crippen molar-refractivity contribution in [1.82, 2.24) is 14.5 Å². The smallest absolute Gasteiger partial charge is 0.288 e. The number of hydrogen-bond donors (Lipinski definition) is 0. The summed E-state index contributed by atoms with van der Waals surface area (Å²) in [6.45, 7) is 5.15. The SMILES string of the molecule is COCc1ccc(-c2nc(C(C)(F)F)cn2C(C)C)nc1. The quantitative estimate of drug-likeness (QED) is 0.842. The molecule has 0 spiro atoms. The Morgan fingerprint density at radius 1 is 1.33 bits per heavy atom. The number of alkyl halides is 2. The van der Waals surface area contributed by atoms with Crippen LogP contribution in [0, 0.1) is 0 Å². The lowest BCUT2D eigenvalue weighted by atomic mass is 10.2. The molecule has 0 saturated heterocycles. The normalized spacial score (nSPS) is 12.1. The average molecular weight is 295 g/mol. The third kappa shape index (κ3) is 3.44. The molecule has 4 nitrogen and oxygen atoms in total. The summed E-state index contributed by atoms with van der Waals surface area (Å²) in [4.78, 5) is 8.37. The Morgan fingerprint density at radius 2 is 2.05 bits per heavy atom. The van der Waals surface area contributed by atoms with Crippen molar-refractivity contribution in [1.29, 1.82) is 0 Å². The van der Waals surface area contributed by atoms with Gasteiger partial charge in [-0.25, -0.2) is 4.98 Å². The fourth-order valence-electron chi connectivity index (χ4n) is 2.00. The molecule has 0 aromatic carbocycles. The van der Waals surface area contributed by atoms with Crippen LogP contribution in [0.2, 0.25) is 0 Å². The predicted molar refractivity (Wildman–Crippen MR) is 76.1 cm³/mol. The van der Waals surface area contributed by atoms with E-state index in [2.05, 4.69) is 9.97 Å². The maximum absolute atomic E-state index is 13.5. The van der Waals surface area contributed by atoms with Crippen LogP contribution >= 0.6 is 0 Å². The van der Waals surface area contributed by atoms with Crippen LogP contribution in [0.3, 0.4) is 0 Å². The number of aromatic nitrogens is 3. The van der Waals surface area contributed by atoms with E-state index >= 15 is 0 Å². The van der Waals surface area contributed by atoms with E-state index in [1.807, 2.05) is 19.9 Å². The number of pyridine rings is 1. The van der Waals surface area contributed by atoms with Gasteiger partial charge in [-0.2, -0.15) is 8.78 Å². The highest BCUT2D eigenvalue weighted by Crippen LogP contribution is 2.30. The largest absolute Gasteiger partial charge is 0.380 e. The minimum Gasteiger partial charge on any atom is -0.380 e. The van der Waals surface area contributed by atoms with Crippen LogP contribution in [0.5, 0.6) is 0 Å². The first-order chi connectivity index (χ1) is 9.82. The highest BCUT2D eigenvalue weighted by molar-refractivity contribution is 5.51. The second kappa shape index (κ2) is 5.89. The molecule has 6 heteroatoms. The van der Waals surface area contributed by atoms with E-state index in [1.54, 1.807) is 23.9 Å². The van der Waals surface area contributed by atoms with Gasteiger partial charge in [0, 0.05) is 32.5 Å². The third-order valence-electron chi connectivity index (χ3n) is 3.10. The Bertz CT molecular complexity index is 600. The lowest BCUT2D eigenvalue weighted by Gasteiger charge is -2.11. The molecular formula is C15H19F2N3O. The van der Waals surface area contributed by atoms with Crippen LogP contribution in [-0.4, -0.2) is 21.6 Å². The molecule has 114 valence electrons. The van der Waals surface area contributed by atoms with E-state index in [0.29, 0.717) is 18.1 Å². The number of halogens is 2. The highest BCUT2D eigenvalue weighted by Gasteiger charge is 2.30. The van der Waals surface area contributed by atoms with E-state index in [1.165, 1.54) is 6.20 Å². The van der Waals surface area contributed by atoms with Gasteiger partial charge in [0.1, 0.15) is 11.4 Å². The monoisotopic (exact) mass is 295 g/mol. The minimum absolute atomic E-state index is 0.0176. The van der Waals surface area contributed by atoms with Gasteiger partial charge >= 0.3 is 0 Å². The van der Waals surface area contributed by atoms with Crippen molar-refractivity contribution in [2.24, 2.45) is 0 Å². The number of nitrogens with zero attached hydrogens (tertiary/aromatic N) is 3. The molecule has 0 unspecified atom stereocenters. The number of imidazole rings is 1. The first kappa shape index (κ1) is 15.6. The van der Waals surface area contributed by atoms with Gasteiger partial charge in [0.2, 0.25) is 0 Å². The van der Waals surface area contributed by atoms with E-state index in [4.69, 9.17) is 4.74 Å². The molecule has 2 rings (SSSR count). The molecule has 21 heavy (non-hydrogen) atoms. The molecule has 2 aromatic rings. The fraction of sp³-hybridized carbons (Fsp3) is 0.467. The Balaban J connectivity index is 2.44. The average Bonchev–Trinajstić information content (AvgIpc) is 2.85. The van der Waals surface area contributed by atoms with Gasteiger partial charge in [-0.05, 0) is 25.5 Å². The molecule has 0 aliphatic carbocycles. The maximum Gasteiger partial charge on any atom is 0.288 e. The van der Waals surface area contributed by atoms with Crippen molar-refractivity contribution < 1.29 is 13.5 Å². The lowest BCUT2D eigenvalue weighted by molar-refractivity contribution is 0.0131. The molecule has 2 heterocycles. The molecule has 0 fully saturated rings. The Kier molecular flexibility index (Phi) is 4.37. The van der Waals surface area contributed by atoms with Gasteiger partial charge in [0.15, 0.2) is 5.82 Å². The van der Waals surface area contributed by atoms with Crippen LogP contribution in [0.4, 0.5) is 8.78 Å². The summed E-state index contributed by atoms with van der Waals surface area (Å²) in [6.07, 6.45) is 3.06. The van der Waals surface area contributed by atoms with Crippen molar-refractivity contribution in [2.45, 2.75) is 39.3 Å². The predicted octanol–water partition coefficient (Wildman–Crippen LogP) is 3.78. The minimum atomic E-state index is -2.97. The van der Waals surface area contributed by atoms with E-state index in [0.717, 1.165) is 12.5 Å². The van der Waals surface area contributed by atoms with Crippen molar-refractivity contribution in [3.63, 3.8) is 0 Å². The second-order valence-corrected chi connectivity index (χ2v) is 5.32. The second-order valence-electron chi connectivity index (χ2n) is 5.32. The summed E-state index contributed by atoms with van der Waals surface area (Å²) < 4.78 is 33.7. The molecule has 0 bridgehead atoms. The van der Waals surface area contributed by atoms with Gasteiger partial charge in [-0.3, -0.25) is 4.98 Å². The van der Waals surface area contributed by atoms with Crippen molar-refractivity contribution in [3.05, 3.63) is 35.8 Å². The molecule has 0 aliphatic rings. The van der Waals surface area contributed by atoms with Gasteiger partial charge < -0.3 is 9.30 Å². The molecular weight excluding hydrogens is 276 g/mol. The van der Waals surface area contributed by atoms with Gasteiger partial charge in [-0.1, -0.05) is 6.07 Å². The zero-order chi connectivity index (χ0) is 15.6. The molecule has 0 amide bonds. The van der Waals surface area contributed by atoms with Crippen molar-refractivity contribution in [3.8, 4) is 11.5 Å². The molecule has 2 aromatic heterocycles. The van der Waals surface area contributed by atoms with Crippen molar-refractivity contribution >= 4 is 0 Å². The van der Waals surface area contributed by atoms with Gasteiger partial charge in [-0.15, -0.1) is 0 Å². The Morgan fingerprint density at radius 3 is 2.52 bits per heavy atom. The topological polar surface area (TPSA) is 39.9 Å². The number of methoxy groups -OCH3 is 1. The lowest BCUT2D eigenvalue weighted by Crippen LogP contribution is -2.07. The van der Waals surface area contributed by atoms with Crippen LogP contribution in [-0.2, 0) is 17.3 Å². The first-order valence-corrected chi connectivity index (χ1v) is 6.74. The number of rotatable bonds is 5. The number of ether oxygens (including phenoxy) is 1. The van der Waals surface area contributed by atoms with Crippen molar-refractivity contribution in [2.75, 3.05) is 7.11 Å². The summed E-state index contributed by atoms with van der Waals surface area (Å²) in [5, 5.41) is 0. The summed E-state index contributed by atoms with van der Waals surface area (Å²) in [7, 11) is 1.61. The summed E-state index contributed by atoms with van der Waals surface area (Å²) in [5.74, 6) is -2.52. The summed E-state index contributed by atoms with van der Waals surface area (Å²) in [5.41, 5.74) is 1.25. The summed E-state index contributed by atoms with van der Waals surface area (Å²) in [6, 6.07) is 3.64. The molecule has 0 N–H and O–H groups in total. The molecule has 0 radical (unpaired) electrons. The van der Waals surface area contributed by atoms with Gasteiger partial charge in [0.25, 0.3) is 5.92 Å². The number of hydrogen-bond acceptors (Lipinski definition) is 3. The molecule has 0 aliphatic heterocycles. The zero-order valence-electron chi connectivity index (χ0n) is 12.6. The van der Waals surface area contributed by atoms with Crippen LogP contribution in [0.15, 0.2) is 24.5 Å². The standard InChI is InChI=1S/C15H19F2N3O/c1-10(2)20-8-13(15(3,16)17)19-14(20)12-6-5-11(7-18-12)9-21-4/h5-8,10H,9H2,1-4H3. The van der Waals surface area contributed by atoms with E-state index in [9.17, 15) is 8.78 Å². The summed E-state index contributed by atoms with van der Waals surface area (Å²) >= 11 is 0.